The molecule has 1 aliphatic rings. The molecule has 98 valence electrons. The summed E-state index contributed by atoms with van der Waals surface area (Å²) in [6, 6.07) is 4.71. The molecule has 0 spiro atoms. The lowest BCUT2D eigenvalue weighted by atomic mass is 10.1. The van der Waals surface area contributed by atoms with Gasteiger partial charge in [0, 0.05) is 43.7 Å². The third kappa shape index (κ3) is 2.70. The van der Waals surface area contributed by atoms with Crippen LogP contribution in [0.1, 0.15) is 12.8 Å². The molecule has 2 N–H and O–H groups in total. The number of hydrogen-bond acceptors (Lipinski definition) is 5. The van der Waals surface area contributed by atoms with Crippen LogP contribution < -0.4 is 10.6 Å². The lowest BCUT2D eigenvalue weighted by Gasteiger charge is -2.33. The predicted molar refractivity (Wildman–Crippen MR) is 69.8 cm³/mol. The second-order valence-corrected chi connectivity index (χ2v) is 4.49. The first-order valence-electron chi connectivity index (χ1n) is 5.93. The van der Waals surface area contributed by atoms with Crippen LogP contribution in [0.5, 0.6) is 0 Å². The molecule has 18 heavy (non-hydrogen) atoms. The molecule has 1 atom stereocenters. The zero-order valence-corrected chi connectivity index (χ0v) is 10.3. The number of nitrogens with zero attached hydrogens (tertiary/aromatic N) is 2. The Labute approximate surface area is 105 Å². The molecule has 1 unspecified atom stereocenters. The molecule has 0 aliphatic carbocycles. The first kappa shape index (κ1) is 12.6. The molecule has 1 saturated heterocycles. The third-order valence-corrected chi connectivity index (χ3v) is 3.21. The number of nitrogens with two attached hydrogens (primary N) is 1. The van der Waals surface area contributed by atoms with E-state index >= 15 is 0 Å². The van der Waals surface area contributed by atoms with Crippen LogP contribution in [0.4, 0.5) is 17.1 Å². The van der Waals surface area contributed by atoms with Crippen molar-refractivity contribution in [2.24, 2.45) is 0 Å². The largest absolute Gasteiger partial charge is 0.398 e. The maximum absolute atomic E-state index is 10.8. The minimum Gasteiger partial charge on any atom is -0.398 e. The van der Waals surface area contributed by atoms with Gasteiger partial charge in [0.05, 0.1) is 11.0 Å². The maximum Gasteiger partial charge on any atom is 0.273 e. The molecule has 0 amide bonds. The predicted octanol–water partition coefficient (Wildman–Crippen LogP) is 1.79. The van der Waals surface area contributed by atoms with Gasteiger partial charge in [-0.25, -0.2) is 0 Å². The van der Waals surface area contributed by atoms with Crippen molar-refractivity contribution in [1.29, 1.82) is 0 Å². The maximum atomic E-state index is 10.8. The van der Waals surface area contributed by atoms with Crippen LogP contribution in [0.25, 0.3) is 0 Å². The van der Waals surface area contributed by atoms with Crippen molar-refractivity contribution in [1.82, 2.24) is 0 Å². The molecule has 0 radical (unpaired) electrons. The van der Waals surface area contributed by atoms with Gasteiger partial charge in [0.15, 0.2) is 0 Å². The van der Waals surface area contributed by atoms with Crippen molar-refractivity contribution in [3.63, 3.8) is 0 Å². The highest BCUT2D eigenvalue weighted by molar-refractivity contribution is 5.63. The first-order valence-corrected chi connectivity index (χ1v) is 5.93. The lowest BCUT2D eigenvalue weighted by molar-refractivity contribution is -0.384. The molecule has 0 saturated carbocycles. The number of hydrogen-bond donors (Lipinski definition) is 1. The molecule has 1 heterocycles. The molecule has 1 aliphatic heterocycles. The highest BCUT2D eigenvalue weighted by atomic mass is 16.6. The zero-order valence-electron chi connectivity index (χ0n) is 10.3. The molecule has 1 aromatic rings. The summed E-state index contributed by atoms with van der Waals surface area (Å²) in [6.45, 7) is 1.62. The Kier molecular flexibility index (Phi) is 3.66. The number of nitro benzene ring substituents is 1. The highest BCUT2D eigenvalue weighted by Crippen LogP contribution is 2.28. The Bertz CT molecular complexity index is 450. The van der Waals surface area contributed by atoms with Gasteiger partial charge in [-0.1, -0.05) is 0 Å². The molecule has 6 heteroatoms. The van der Waals surface area contributed by atoms with Crippen LogP contribution in [0, 0.1) is 10.1 Å². The summed E-state index contributed by atoms with van der Waals surface area (Å²) in [6.07, 6.45) is 2.22. The number of ether oxygens (including phenoxy) is 1. The number of nitrogen functional groups attached to an aromatic ring is 1. The highest BCUT2D eigenvalue weighted by Gasteiger charge is 2.21. The average molecular weight is 251 g/mol. The minimum atomic E-state index is -0.419. The van der Waals surface area contributed by atoms with E-state index in [2.05, 4.69) is 4.90 Å². The fraction of sp³-hybridized carbons (Fsp3) is 0.500. The van der Waals surface area contributed by atoms with E-state index in [0.717, 1.165) is 31.6 Å². The normalized spacial score (nSPS) is 19.8. The van der Waals surface area contributed by atoms with E-state index in [1.54, 1.807) is 19.2 Å². The number of rotatable bonds is 3. The summed E-state index contributed by atoms with van der Waals surface area (Å²) in [7, 11) is 1.69. The van der Waals surface area contributed by atoms with Crippen LogP contribution in [0.15, 0.2) is 18.2 Å². The van der Waals surface area contributed by atoms with E-state index in [9.17, 15) is 10.1 Å². The smallest absolute Gasteiger partial charge is 0.273 e. The zero-order chi connectivity index (χ0) is 13.1. The van der Waals surface area contributed by atoms with Crippen LogP contribution in [0.2, 0.25) is 0 Å². The van der Waals surface area contributed by atoms with Crippen LogP contribution in [-0.2, 0) is 4.74 Å². The summed E-state index contributed by atoms with van der Waals surface area (Å²) < 4.78 is 5.34. The van der Waals surface area contributed by atoms with Crippen molar-refractivity contribution >= 4 is 17.1 Å². The molecule has 2 rings (SSSR count). The fourth-order valence-electron chi connectivity index (χ4n) is 2.27. The SMILES string of the molecule is COC1CCCN(c2cc(N)cc([N+](=O)[O-])c2)C1. The van der Waals surface area contributed by atoms with Crippen LogP contribution in [-0.4, -0.2) is 31.2 Å². The van der Waals surface area contributed by atoms with E-state index in [4.69, 9.17) is 10.5 Å². The number of nitro groups is 1. The Morgan fingerprint density at radius 2 is 2.28 bits per heavy atom. The Balaban J connectivity index is 2.24. The fourth-order valence-corrected chi connectivity index (χ4v) is 2.27. The van der Waals surface area contributed by atoms with Gasteiger partial charge >= 0.3 is 0 Å². The van der Waals surface area contributed by atoms with E-state index in [1.165, 1.54) is 6.07 Å². The number of benzene rings is 1. The van der Waals surface area contributed by atoms with Crippen LogP contribution in [0.3, 0.4) is 0 Å². The second-order valence-electron chi connectivity index (χ2n) is 4.49. The van der Waals surface area contributed by atoms with Gasteiger partial charge in [-0.15, -0.1) is 0 Å². The summed E-state index contributed by atoms with van der Waals surface area (Å²) in [5, 5.41) is 10.8. The van der Waals surface area contributed by atoms with E-state index < -0.39 is 4.92 Å². The second kappa shape index (κ2) is 5.22. The van der Waals surface area contributed by atoms with Gasteiger partial charge in [0.2, 0.25) is 0 Å². The Morgan fingerprint density at radius 1 is 1.50 bits per heavy atom. The van der Waals surface area contributed by atoms with Gasteiger partial charge in [-0.05, 0) is 18.9 Å². The Morgan fingerprint density at radius 3 is 2.94 bits per heavy atom. The number of non-ortho nitro benzene ring substituents is 1. The molecule has 1 fully saturated rings. The number of piperidine rings is 1. The quantitative estimate of drug-likeness (QED) is 0.503. The molecular formula is C12H17N3O3. The van der Waals surface area contributed by atoms with Crippen molar-refractivity contribution in [2.45, 2.75) is 18.9 Å². The summed E-state index contributed by atoms with van der Waals surface area (Å²) >= 11 is 0. The standard InChI is InChI=1S/C12H17N3O3/c1-18-12-3-2-4-14(8-12)10-5-9(13)6-11(7-10)15(16)17/h5-7,12H,2-4,8,13H2,1H3. The van der Waals surface area contributed by atoms with Crippen molar-refractivity contribution < 1.29 is 9.66 Å². The monoisotopic (exact) mass is 251 g/mol. The van der Waals surface area contributed by atoms with Crippen molar-refractivity contribution in [2.75, 3.05) is 30.8 Å². The minimum absolute atomic E-state index is 0.0320. The molecule has 0 aromatic heterocycles. The number of anilines is 2. The first-order chi connectivity index (χ1) is 8.60. The molecular weight excluding hydrogens is 234 g/mol. The summed E-state index contributed by atoms with van der Waals surface area (Å²) in [4.78, 5) is 12.5. The lowest BCUT2D eigenvalue weighted by Crippen LogP contribution is -2.39. The van der Waals surface area contributed by atoms with Gasteiger partial charge in [0.25, 0.3) is 5.69 Å². The molecule has 0 bridgehead atoms. The van der Waals surface area contributed by atoms with Gasteiger partial charge in [-0.3, -0.25) is 10.1 Å². The molecule has 6 nitrogen and oxygen atoms in total. The average Bonchev–Trinajstić information content (AvgIpc) is 2.38. The number of methoxy groups -OCH3 is 1. The topological polar surface area (TPSA) is 81.6 Å². The van der Waals surface area contributed by atoms with Gasteiger partial charge < -0.3 is 15.4 Å². The third-order valence-electron chi connectivity index (χ3n) is 3.21. The van der Waals surface area contributed by atoms with Gasteiger partial charge in [0.1, 0.15) is 0 Å². The van der Waals surface area contributed by atoms with E-state index in [1.807, 2.05) is 0 Å². The summed E-state index contributed by atoms with van der Waals surface area (Å²) in [5.41, 5.74) is 6.95. The van der Waals surface area contributed by atoms with E-state index in [-0.39, 0.29) is 11.8 Å². The Hall–Kier alpha value is -1.82. The van der Waals surface area contributed by atoms with Crippen molar-refractivity contribution in [3.05, 3.63) is 28.3 Å². The summed E-state index contributed by atoms with van der Waals surface area (Å²) in [5.74, 6) is 0. The van der Waals surface area contributed by atoms with Crippen LogP contribution >= 0.6 is 0 Å². The van der Waals surface area contributed by atoms with Crippen molar-refractivity contribution in [3.8, 4) is 0 Å². The van der Waals surface area contributed by atoms with E-state index in [0.29, 0.717) is 5.69 Å². The van der Waals surface area contributed by atoms with Gasteiger partial charge in [-0.2, -0.15) is 0 Å². The molecule has 1 aromatic carbocycles.